The number of nitrogens with two attached hydrogens (primary N) is 1. The van der Waals surface area contributed by atoms with Crippen LogP contribution in [0, 0.1) is 0 Å². The zero-order valence-electron chi connectivity index (χ0n) is 12.2. The summed E-state index contributed by atoms with van der Waals surface area (Å²) in [7, 11) is 2.01. The zero-order valence-corrected chi connectivity index (χ0v) is 12.2. The highest BCUT2D eigenvalue weighted by Crippen LogP contribution is 2.20. The van der Waals surface area contributed by atoms with Gasteiger partial charge in [0.15, 0.2) is 0 Å². The van der Waals surface area contributed by atoms with Crippen LogP contribution in [0.2, 0.25) is 0 Å². The van der Waals surface area contributed by atoms with Crippen molar-refractivity contribution in [2.24, 2.45) is 5.73 Å². The highest BCUT2D eigenvalue weighted by molar-refractivity contribution is 5.48. The molecule has 0 aliphatic heterocycles. The third-order valence-electron chi connectivity index (χ3n) is 3.13. The molecule has 5 heteroatoms. The number of rotatable bonds is 5. The Morgan fingerprint density at radius 2 is 2.10 bits per heavy atom. The fourth-order valence-electron chi connectivity index (χ4n) is 2.02. The molecule has 0 saturated heterocycles. The lowest BCUT2D eigenvalue weighted by atomic mass is 10.2. The lowest BCUT2D eigenvalue weighted by Crippen LogP contribution is -2.21. The Kier molecular flexibility index (Phi) is 4.63. The lowest BCUT2D eigenvalue weighted by Gasteiger charge is -2.21. The summed E-state index contributed by atoms with van der Waals surface area (Å²) in [4.78, 5) is 15.2. The third kappa shape index (κ3) is 3.30. The molecule has 0 bridgehead atoms. The van der Waals surface area contributed by atoms with Crippen LogP contribution in [0.5, 0.6) is 0 Å². The fraction of sp³-hybridized carbons (Fsp3) is 0.400. The molecular formula is C15H21N5. The Bertz CT molecular complexity index is 553. The average Bonchev–Trinajstić information content (AvgIpc) is 2.47. The molecule has 0 atom stereocenters. The van der Waals surface area contributed by atoms with Crippen LogP contribution in [0.3, 0.4) is 0 Å². The van der Waals surface area contributed by atoms with Gasteiger partial charge in [-0.15, -0.1) is 0 Å². The van der Waals surface area contributed by atoms with E-state index in [9.17, 15) is 0 Å². The standard InChI is InChI=1S/C15H21N5/c1-11(2)15-18-9-14(13(7-16)19-15)20(3)10-12-5-4-6-17-8-12/h4-6,8-9,11H,7,10,16H2,1-3H3. The van der Waals surface area contributed by atoms with Gasteiger partial charge < -0.3 is 10.6 Å². The first kappa shape index (κ1) is 14.4. The van der Waals surface area contributed by atoms with Gasteiger partial charge in [0, 0.05) is 38.4 Å². The van der Waals surface area contributed by atoms with E-state index >= 15 is 0 Å². The van der Waals surface area contributed by atoms with Crippen LogP contribution in [0.25, 0.3) is 0 Å². The van der Waals surface area contributed by atoms with Crippen LogP contribution < -0.4 is 10.6 Å². The van der Waals surface area contributed by atoms with Gasteiger partial charge in [0.1, 0.15) is 5.82 Å². The molecule has 0 spiro atoms. The smallest absolute Gasteiger partial charge is 0.131 e. The quantitative estimate of drug-likeness (QED) is 0.902. The minimum atomic E-state index is 0.304. The summed E-state index contributed by atoms with van der Waals surface area (Å²) in [5, 5.41) is 0. The number of pyridine rings is 1. The van der Waals surface area contributed by atoms with Crippen molar-refractivity contribution in [3.05, 3.63) is 47.8 Å². The molecule has 2 heterocycles. The number of nitrogens with zero attached hydrogens (tertiary/aromatic N) is 4. The zero-order chi connectivity index (χ0) is 14.5. The third-order valence-corrected chi connectivity index (χ3v) is 3.13. The summed E-state index contributed by atoms with van der Waals surface area (Å²) in [5.74, 6) is 1.14. The second-order valence-corrected chi connectivity index (χ2v) is 5.14. The molecular weight excluding hydrogens is 250 g/mol. The van der Waals surface area contributed by atoms with Crippen LogP contribution in [-0.2, 0) is 13.1 Å². The predicted octanol–water partition coefficient (Wildman–Crippen LogP) is 2.09. The first-order valence-corrected chi connectivity index (χ1v) is 6.77. The maximum Gasteiger partial charge on any atom is 0.131 e. The minimum absolute atomic E-state index is 0.304. The van der Waals surface area contributed by atoms with Gasteiger partial charge in [0.05, 0.1) is 17.6 Å². The molecule has 0 unspecified atom stereocenters. The summed E-state index contributed by atoms with van der Waals surface area (Å²) in [6, 6.07) is 3.99. The summed E-state index contributed by atoms with van der Waals surface area (Å²) in [6.07, 6.45) is 5.50. The van der Waals surface area contributed by atoms with Crippen molar-refractivity contribution in [1.82, 2.24) is 15.0 Å². The molecule has 5 nitrogen and oxygen atoms in total. The Morgan fingerprint density at radius 1 is 1.30 bits per heavy atom. The summed E-state index contributed by atoms with van der Waals surface area (Å²) >= 11 is 0. The molecule has 0 aromatic carbocycles. The summed E-state index contributed by atoms with van der Waals surface area (Å²) in [6.45, 7) is 5.32. The predicted molar refractivity (Wildman–Crippen MR) is 80.4 cm³/mol. The van der Waals surface area contributed by atoms with Gasteiger partial charge in [0.25, 0.3) is 0 Å². The first-order chi connectivity index (χ1) is 9.61. The van der Waals surface area contributed by atoms with E-state index < -0.39 is 0 Å². The van der Waals surface area contributed by atoms with E-state index in [0.717, 1.165) is 29.3 Å². The highest BCUT2D eigenvalue weighted by Gasteiger charge is 2.12. The Morgan fingerprint density at radius 3 is 2.70 bits per heavy atom. The van der Waals surface area contributed by atoms with E-state index in [-0.39, 0.29) is 0 Å². The van der Waals surface area contributed by atoms with Crippen molar-refractivity contribution in [2.45, 2.75) is 32.9 Å². The maximum atomic E-state index is 5.82. The molecule has 0 fully saturated rings. The SMILES string of the molecule is CC(C)c1ncc(N(C)Cc2cccnc2)c(CN)n1. The number of aromatic nitrogens is 3. The Hall–Kier alpha value is -2.01. The molecule has 0 radical (unpaired) electrons. The van der Waals surface area contributed by atoms with Crippen molar-refractivity contribution in [2.75, 3.05) is 11.9 Å². The van der Waals surface area contributed by atoms with E-state index in [2.05, 4.69) is 39.8 Å². The largest absolute Gasteiger partial charge is 0.367 e. The van der Waals surface area contributed by atoms with Crippen LogP contribution in [-0.4, -0.2) is 22.0 Å². The highest BCUT2D eigenvalue weighted by atomic mass is 15.1. The van der Waals surface area contributed by atoms with E-state index in [1.807, 2.05) is 25.5 Å². The second-order valence-electron chi connectivity index (χ2n) is 5.14. The van der Waals surface area contributed by atoms with Crippen molar-refractivity contribution < 1.29 is 0 Å². The van der Waals surface area contributed by atoms with Crippen LogP contribution >= 0.6 is 0 Å². The van der Waals surface area contributed by atoms with Gasteiger partial charge in [-0.2, -0.15) is 0 Å². The summed E-state index contributed by atoms with van der Waals surface area (Å²) in [5.41, 5.74) is 8.82. The van der Waals surface area contributed by atoms with Gasteiger partial charge in [-0.1, -0.05) is 19.9 Å². The molecule has 0 aliphatic rings. The first-order valence-electron chi connectivity index (χ1n) is 6.77. The summed E-state index contributed by atoms with van der Waals surface area (Å²) < 4.78 is 0. The molecule has 2 aromatic rings. The normalized spacial score (nSPS) is 10.8. The molecule has 2 N–H and O–H groups in total. The van der Waals surface area contributed by atoms with Crippen LogP contribution in [0.4, 0.5) is 5.69 Å². The van der Waals surface area contributed by atoms with Crippen molar-refractivity contribution in [1.29, 1.82) is 0 Å². The molecule has 2 rings (SSSR count). The van der Waals surface area contributed by atoms with E-state index in [1.54, 1.807) is 6.20 Å². The Labute approximate surface area is 119 Å². The fourth-order valence-corrected chi connectivity index (χ4v) is 2.02. The van der Waals surface area contributed by atoms with Crippen molar-refractivity contribution in [3.63, 3.8) is 0 Å². The lowest BCUT2D eigenvalue weighted by molar-refractivity contribution is 0.748. The van der Waals surface area contributed by atoms with E-state index in [4.69, 9.17) is 5.73 Å². The number of hydrogen-bond donors (Lipinski definition) is 1. The van der Waals surface area contributed by atoms with Gasteiger partial charge in [0.2, 0.25) is 0 Å². The topological polar surface area (TPSA) is 67.9 Å². The Balaban J connectivity index is 2.23. The van der Waals surface area contributed by atoms with Crippen molar-refractivity contribution >= 4 is 5.69 Å². The molecule has 0 aliphatic carbocycles. The molecule has 106 valence electrons. The monoisotopic (exact) mass is 271 g/mol. The average molecular weight is 271 g/mol. The van der Waals surface area contributed by atoms with Gasteiger partial charge in [-0.05, 0) is 11.6 Å². The van der Waals surface area contributed by atoms with Crippen LogP contribution in [0.15, 0.2) is 30.7 Å². The van der Waals surface area contributed by atoms with Gasteiger partial charge in [-0.25, -0.2) is 9.97 Å². The maximum absolute atomic E-state index is 5.82. The molecule has 2 aromatic heterocycles. The van der Waals surface area contributed by atoms with E-state index in [0.29, 0.717) is 12.5 Å². The van der Waals surface area contributed by atoms with Gasteiger partial charge >= 0.3 is 0 Å². The second kappa shape index (κ2) is 6.43. The number of hydrogen-bond acceptors (Lipinski definition) is 5. The number of anilines is 1. The van der Waals surface area contributed by atoms with Gasteiger partial charge in [-0.3, -0.25) is 4.98 Å². The van der Waals surface area contributed by atoms with Crippen molar-refractivity contribution in [3.8, 4) is 0 Å². The van der Waals surface area contributed by atoms with E-state index in [1.165, 1.54) is 0 Å². The molecule has 0 saturated carbocycles. The molecule has 0 amide bonds. The van der Waals surface area contributed by atoms with Crippen LogP contribution in [0.1, 0.15) is 36.8 Å². The molecule has 20 heavy (non-hydrogen) atoms. The minimum Gasteiger partial charge on any atom is -0.367 e.